The van der Waals surface area contributed by atoms with E-state index in [1.54, 1.807) is 48.5 Å². The molecule has 1 unspecified atom stereocenters. The zero-order valence-electron chi connectivity index (χ0n) is 12.2. The number of hydrogen-bond donors (Lipinski definition) is 1. The third-order valence-electron chi connectivity index (χ3n) is 3.09. The summed E-state index contributed by atoms with van der Waals surface area (Å²) in [6.07, 6.45) is -0.335. The Balaban J connectivity index is 1.98. The quantitative estimate of drug-likeness (QED) is 0.837. The average Bonchev–Trinajstić information content (AvgIpc) is 2.53. The number of carboxylic acid groups (broad SMARTS) is 1. The molecule has 0 aliphatic carbocycles. The highest BCUT2D eigenvalue weighted by atomic mass is 35.5. The summed E-state index contributed by atoms with van der Waals surface area (Å²) in [6.45, 7) is -0.207. The first-order valence-corrected chi connectivity index (χ1v) is 7.35. The molecule has 0 saturated heterocycles. The van der Waals surface area contributed by atoms with Gasteiger partial charge in [0, 0.05) is 17.4 Å². The lowest BCUT2D eigenvalue weighted by Crippen LogP contribution is -2.36. The fraction of sp³-hybridized carbons (Fsp3) is 0.176. The van der Waals surface area contributed by atoms with Gasteiger partial charge in [-0.15, -0.1) is 0 Å². The lowest BCUT2D eigenvalue weighted by atomic mass is 10.0. The molecule has 0 spiro atoms. The summed E-state index contributed by atoms with van der Waals surface area (Å²) in [5.41, 5.74) is 0.631. The second-order valence-electron chi connectivity index (χ2n) is 4.85. The maximum atomic E-state index is 12.0. The van der Waals surface area contributed by atoms with Crippen molar-refractivity contribution in [2.45, 2.75) is 12.5 Å². The van der Waals surface area contributed by atoms with Gasteiger partial charge in [-0.2, -0.15) is 0 Å². The summed E-state index contributed by atoms with van der Waals surface area (Å²) in [7, 11) is 0. The maximum absolute atomic E-state index is 12.0. The fourth-order valence-corrected chi connectivity index (χ4v) is 2.14. The number of ether oxygens (including phenoxy) is 1. The molecule has 0 aliphatic heterocycles. The second-order valence-corrected chi connectivity index (χ2v) is 5.29. The number of benzene rings is 2. The molecule has 5 nitrogen and oxygen atoms in total. The molecule has 0 bridgehead atoms. The molecule has 0 saturated carbocycles. The van der Waals surface area contributed by atoms with Crippen LogP contribution in [0.5, 0.6) is 5.75 Å². The molecule has 0 radical (unpaired) electrons. The van der Waals surface area contributed by atoms with Gasteiger partial charge < -0.3 is 20.0 Å². The predicted octanol–water partition coefficient (Wildman–Crippen LogP) is 1.72. The molecule has 1 N–H and O–H groups in total. The van der Waals surface area contributed by atoms with Crippen LogP contribution in [0.25, 0.3) is 0 Å². The zero-order valence-corrected chi connectivity index (χ0v) is 13.0. The van der Waals surface area contributed by atoms with Crippen molar-refractivity contribution in [1.82, 2.24) is 5.32 Å². The molecule has 1 amide bonds. The molecule has 6 heteroatoms. The Kier molecular flexibility index (Phi) is 6.00. The van der Waals surface area contributed by atoms with Crippen molar-refractivity contribution in [2.24, 2.45) is 0 Å². The Morgan fingerprint density at radius 2 is 1.74 bits per heavy atom. The van der Waals surface area contributed by atoms with Gasteiger partial charge in [-0.25, -0.2) is 0 Å². The SMILES string of the molecule is O=C([O-])CC(NC(=O)COc1ccccc1)c1ccc(Cl)cc1. The number of aliphatic carboxylic acids is 1. The van der Waals surface area contributed by atoms with Gasteiger partial charge in [-0.1, -0.05) is 41.9 Å². The van der Waals surface area contributed by atoms with Gasteiger partial charge >= 0.3 is 0 Å². The summed E-state index contributed by atoms with van der Waals surface area (Å²) in [5, 5.41) is 14.0. The van der Waals surface area contributed by atoms with E-state index in [9.17, 15) is 14.7 Å². The molecular weight excluding hydrogens is 318 g/mol. The molecule has 23 heavy (non-hydrogen) atoms. The Morgan fingerprint density at radius 1 is 1.09 bits per heavy atom. The van der Waals surface area contributed by atoms with Gasteiger partial charge in [-0.05, 0) is 29.8 Å². The highest BCUT2D eigenvalue weighted by Crippen LogP contribution is 2.19. The van der Waals surface area contributed by atoms with Crippen molar-refractivity contribution in [1.29, 1.82) is 0 Å². The number of carboxylic acids is 1. The standard InChI is InChI=1S/C17H16ClNO4/c18-13-8-6-12(7-9-13)15(10-17(21)22)19-16(20)11-23-14-4-2-1-3-5-14/h1-9,15H,10-11H2,(H,19,20)(H,21,22)/p-1. The molecule has 0 heterocycles. The van der Waals surface area contributed by atoms with Crippen LogP contribution < -0.4 is 15.2 Å². The van der Waals surface area contributed by atoms with Crippen molar-refractivity contribution in [3.05, 3.63) is 65.2 Å². The van der Waals surface area contributed by atoms with Crippen LogP contribution in [-0.2, 0) is 9.59 Å². The van der Waals surface area contributed by atoms with E-state index in [-0.39, 0.29) is 13.0 Å². The van der Waals surface area contributed by atoms with Crippen molar-refractivity contribution < 1.29 is 19.4 Å². The Hall–Kier alpha value is -2.53. The average molecular weight is 333 g/mol. The molecule has 120 valence electrons. The van der Waals surface area contributed by atoms with E-state index >= 15 is 0 Å². The smallest absolute Gasteiger partial charge is 0.258 e. The van der Waals surface area contributed by atoms with E-state index in [0.29, 0.717) is 16.3 Å². The van der Waals surface area contributed by atoms with Crippen LogP contribution >= 0.6 is 11.6 Å². The third-order valence-corrected chi connectivity index (χ3v) is 3.34. The Bertz CT molecular complexity index is 658. The van der Waals surface area contributed by atoms with E-state index in [1.807, 2.05) is 6.07 Å². The van der Waals surface area contributed by atoms with Crippen LogP contribution in [0.4, 0.5) is 0 Å². The first-order valence-electron chi connectivity index (χ1n) is 6.97. The molecule has 1 atom stereocenters. The summed E-state index contributed by atoms with van der Waals surface area (Å²) in [6, 6.07) is 14.8. The van der Waals surface area contributed by atoms with E-state index in [4.69, 9.17) is 16.3 Å². The van der Waals surface area contributed by atoms with Crippen molar-refractivity contribution in [3.8, 4) is 5.75 Å². The minimum atomic E-state index is -1.26. The normalized spacial score (nSPS) is 11.5. The number of para-hydroxylation sites is 1. The van der Waals surface area contributed by atoms with Crippen LogP contribution in [-0.4, -0.2) is 18.5 Å². The van der Waals surface area contributed by atoms with Crippen molar-refractivity contribution in [2.75, 3.05) is 6.61 Å². The number of carbonyl (C=O) groups is 2. The predicted molar refractivity (Wildman–Crippen MR) is 83.9 cm³/mol. The lowest BCUT2D eigenvalue weighted by Gasteiger charge is -2.20. The van der Waals surface area contributed by atoms with Gasteiger partial charge in [0.2, 0.25) is 0 Å². The van der Waals surface area contributed by atoms with Gasteiger partial charge in [0.25, 0.3) is 5.91 Å². The van der Waals surface area contributed by atoms with Gasteiger partial charge in [0.05, 0.1) is 6.04 Å². The van der Waals surface area contributed by atoms with Gasteiger partial charge in [-0.3, -0.25) is 4.79 Å². The number of hydrogen-bond acceptors (Lipinski definition) is 4. The second kappa shape index (κ2) is 8.19. The van der Waals surface area contributed by atoms with Crippen molar-refractivity contribution >= 4 is 23.5 Å². The van der Waals surface area contributed by atoms with Crippen LogP contribution in [0.15, 0.2) is 54.6 Å². The summed E-state index contributed by atoms with van der Waals surface area (Å²) < 4.78 is 5.33. The monoisotopic (exact) mass is 332 g/mol. The maximum Gasteiger partial charge on any atom is 0.258 e. The van der Waals surface area contributed by atoms with E-state index in [0.717, 1.165) is 0 Å². The highest BCUT2D eigenvalue weighted by Gasteiger charge is 2.15. The van der Waals surface area contributed by atoms with Crippen LogP contribution in [0.1, 0.15) is 18.0 Å². The van der Waals surface area contributed by atoms with E-state index in [2.05, 4.69) is 5.32 Å². The molecule has 0 fully saturated rings. The van der Waals surface area contributed by atoms with E-state index < -0.39 is 17.9 Å². The lowest BCUT2D eigenvalue weighted by molar-refractivity contribution is -0.306. The number of amides is 1. The number of carbonyl (C=O) groups excluding carboxylic acids is 2. The molecular formula is C17H15ClNO4-. The van der Waals surface area contributed by atoms with Gasteiger partial charge in [0.1, 0.15) is 5.75 Å². The zero-order chi connectivity index (χ0) is 16.7. The molecule has 0 aromatic heterocycles. The third kappa shape index (κ3) is 5.64. The summed E-state index contributed by atoms with van der Waals surface area (Å²) in [5.74, 6) is -1.12. The topological polar surface area (TPSA) is 78.5 Å². The Morgan fingerprint density at radius 3 is 2.35 bits per heavy atom. The largest absolute Gasteiger partial charge is 0.550 e. The van der Waals surface area contributed by atoms with Gasteiger partial charge in [0.15, 0.2) is 6.61 Å². The van der Waals surface area contributed by atoms with Crippen molar-refractivity contribution in [3.63, 3.8) is 0 Å². The Labute approximate surface area is 138 Å². The first-order chi connectivity index (χ1) is 11.0. The number of nitrogens with one attached hydrogen (secondary N) is 1. The highest BCUT2D eigenvalue weighted by molar-refractivity contribution is 6.30. The minimum Gasteiger partial charge on any atom is -0.550 e. The minimum absolute atomic E-state index is 0.207. The summed E-state index contributed by atoms with van der Waals surface area (Å²) >= 11 is 5.81. The van der Waals surface area contributed by atoms with Crippen LogP contribution in [0.3, 0.4) is 0 Å². The van der Waals surface area contributed by atoms with Crippen LogP contribution in [0, 0.1) is 0 Å². The first kappa shape index (κ1) is 16.8. The van der Waals surface area contributed by atoms with E-state index in [1.165, 1.54) is 0 Å². The number of rotatable bonds is 7. The molecule has 0 aliphatic rings. The fourth-order valence-electron chi connectivity index (χ4n) is 2.02. The summed E-state index contributed by atoms with van der Waals surface area (Å²) in [4.78, 5) is 22.9. The molecule has 2 aromatic carbocycles. The van der Waals surface area contributed by atoms with Crippen LogP contribution in [0.2, 0.25) is 5.02 Å². The number of halogens is 1. The molecule has 2 aromatic rings. The molecule has 2 rings (SSSR count).